The van der Waals surface area contributed by atoms with Crippen LogP contribution in [0.5, 0.6) is 0 Å². The summed E-state index contributed by atoms with van der Waals surface area (Å²) >= 11 is 0. The predicted octanol–water partition coefficient (Wildman–Crippen LogP) is 6.07. The first-order valence-corrected chi connectivity index (χ1v) is 13.2. The van der Waals surface area contributed by atoms with E-state index in [2.05, 4.69) is 10.3 Å². The second kappa shape index (κ2) is 13.0. The minimum absolute atomic E-state index is 0.139. The molecule has 0 atom stereocenters. The number of nitrogens with zero attached hydrogens (tertiary/aromatic N) is 1. The van der Waals surface area contributed by atoms with Crippen molar-refractivity contribution in [2.75, 3.05) is 6.54 Å². The van der Waals surface area contributed by atoms with Crippen LogP contribution >= 0.6 is 0 Å². The lowest BCUT2D eigenvalue weighted by molar-refractivity contribution is -0.136. The lowest BCUT2D eigenvalue weighted by Crippen LogP contribution is -2.27. The molecule has 1 amide bonds. The fourth-order valence-corrected chi connectivity index (χ4v) is 5.20. The number of carboxylic acids is 1. The van der Waals surface area contributed by atoms with Crippen molar-refractivity contribution in [1.29, 1.82) is 0 Å². The van der Waals surface area contributed by atoms with E-state index < -0.39 is 5.97 Å². The SMILES string of the molecule is O=C(O)CCc1cccc(C(=O)NCCCCC2CCCCC2)c1C(=O)c1ccccc1-c1ncco1. The van der Waals surface area contributed by atoms with Crippen molar-refractivity contribution in [3.8, 4) is 11.5 Å². The first-order valence-electron chi connectivity index (χ1n) is 13.2. The maximum absolute atomic E-state index is 13.9. The van der Waals surface area contributed by atoms with Gasteiger partial charge in [-0.15, -0.1) is 0 Å². The highest BCUT2D eigenvalue weighted by Crippen LogP contribution is 2.29. The summed E-state index contributed by atoms with van der Waals surface area (Å²) in [6.07, 6.45) is 12.7. The zero-order valence-corrected chi connectivity index (χ0v) is 21.1. The van der Waals surface area contributed by atoms with Crippen LogP contribution in [0.2, 0.25) is 0 Å². The van der Waals surface area contributed by atoms with E-state index in [0.29, 0.717) is 29.1 Å². The molecule has 0 unspecified atom stereocenters. The normalized spacial score (nSPS) is 13.8. The van der Waals surface area contributed by atoms with Crippen molar-refractivity contribution in [2.45, 2.75) is 64.2 Å². The Hall–Kier alpha value is -3.74. The number of carboxylic acid groups (broad SMARTS) is 1. The smallest absolute Gasteiger partial charge is 0.303 e. The maximum atomic E-state index is 13.9. The second-order valence-corrected chi connectivity index (χ2v) is 9.70. The number of rotatable bonds is 12. The van der Waals surface area contributed by atoms with Gasteiger partial charge in [0, 0.05) is 29.7 Å². The number of ketones is 1. The molecule has 194 valence electrons. The summed E-state index contributed by atoms with van der Waals surface area (Å²) in [4.78, 5) is 42.6. The minimum Gasteiger partial charge on any atom is -0.481 e. The van der Waals surface area contributed by atoms with Crippen LogP contribution in [0.1, 0.15) is 89.6 Å². The van der Waals surface area contributed by atoms with Gasteiger partial charge in [-0.3, -0.25) is 14.4 Å². The molecule has 1 aromatic heterocycles. The van der Waals surface area contributed by atoms with Crippen molar-refractivity contribution in [1.82, 2.24) is 10.3 Å². The molecule has 3 aromatic rings. The Bertz CT molecular complexity index is 1210. The lowest BCUT2D eigenvalue weighted by atomic mass is 9.86. The molecule has 0 bridgehead atoms. The average Bonchev–Trinajstić information content (AvgIpc) is 3.46. The van der Waals surface area contributed by atoms with Gasteiger partial charge in [0.1, 0.15) is 6.26 Å². The van der Waals surface area contributed by atoms with Gasteiger partial charge in [-0.05, 0) is 36.5 Å². The number of aliphatic carboxylic acids is 1. The van der Waals surface area contributed by atoms with Crippen molar-refractivity contribution in [3.63, 3.8) is 0 Å². The molecule has 0 radical (unpaired) electrons. The van der Waals surface area contributed by atoms with Crippen molar-refractivity contribution >= 4 is 17.7 Å². The fraction of sp³-hybridized carbons (Fsp3) is 0.400. The van der Waals surface area contributed by atoms with Crippen LogP contribution in [-0.4, -0.2) is 34.3 Å². The number of oxazole rings is 1. The zero-order chi connectivity index (χ0) is 26.0. The Balaban J connectivity index is 1.54. The van der Waals surface area contributed by atoms with E-state index in [1.807, 2.05) is 0 Å². The Morgan fingerprint density at radius 3 is 2.51 bits per heavy atom. The Labute approximate surface area is 217 Å². The molecule has 2 aromatic carbocycles. The number of benzene rings is 2. The van der Waals surface area contributed by atoms with Crippen LogP contribution in [0.15, 0.2) is 59.3 Å². The highest BCUT2D eigenvalue weighted by atomic mass is 16.4. The van der Waals surface area contributed by atoms with Crippen molar-refractivity contribution in [2.24, 2.45) is 5.92 Å². The molecule has 7 nitrogen and oxygen atoms in total. The van der Waals surface area contributed by atoms with Gasteiger partial charge in [0.15, 0.2) is 5.78 Å². The number of carbonyl (C=O) groups excluding carboxylic acids is 2. The molecular weight excluding hydrogens is 468 g/mol. The maximum Gasteiger partial charge on any atom is 0.303 e. The van der Waals surface area contributed by atoms with E-state index >= 15 is 0 Å². The molecule has 2 N–H and O–H groups in total. The summed E-state index contributed by atoms with van der Waals surface area (Å²) in [5, 5.41) is 12.2. The molecule has 1 fully saturated rings. The molecule has 4 rings (SSSR count). The molecular formula is C30H34N2O5. The Morgan fingerprint density at radius 1 is 0.973 bits per heavy atom. The summed E-state index contributed by atoms with van der Waals surface area (Å²) in [5.41, 5.74) is 1.86. The van der Waals surface area contributed by atoms with E-state index in [-0.39, 0.29) is 35.7 Å². The molecule has 0 aliphatic heterocycles. The number of carbonyl (C=O) groups is 3. The Morgan fingerprint density at radius 2 is 1.76 bits per heavy atom. The van der Waals surface area contributed by atoms with Crippen LogP contribution in [0.3, 0.4) is 0 Å². The second-order valence-electron chi connectivity index (χ2n) is 9.70. The van der Waals surface area contributed by atoms with Crippen LogP contribution < -0.4 is 5.32 Å². The number of aromatic nitrogens is 1. The predicted molar refractivity (Wildman–Crippen MR) is 141 cm³/mol. The summed E-state index contributed by atoms with van der Waals surface area (Å²) in [6, 6.07) is 12.0. The molecule has 1 aliphatic rings. The third-order valence-electron chi connectivity index (χ3n) is 7.11. The van der Waals surface area contributed by atoms with E-state index in [4.69, 9.17) is 4.42 Å². The van der Waals surface area contributed by atoms with Gasteiger partial charge >= 0.3 is 5.97 Å². The largest absolute Gasteiger partial charge is 0.481 e. The number of aryl methyl sites for hydroxylation is 1. The van der Waals surface area contributed by atoms with Crippen LogP contribution in [0, 0.1) is 5.92 Å². The van der Waals surface area contributed by atoms with E-state index in [0.717, 1.165) is 18.8 Å². The number of amides is 1. The van der Waals surface area contributed by atoms with Crippen molar-refractivity contribution < 1.29 is 23.9 Å². The third kappa shape index (κ3) is 6.94. The summed E-state index contributed by atoms with van der Waals surface area (Å²) in [7, 11) is 0. The molecule has 1 aliphatic carbocycles. The van der Waals surface area contributed by atoms with Crippen molar-refractivity contribution in [3.05, 3.63) is 77.2 Å². The topological polar surface area (TPSA) is 110 Å². The third-order valence-corrected chi connectivity index (χ3v) is 7.11. The van der Waals surface area contributed by atoms with Crippen LogP contribution in [0.4, 0.5) is 0 Å². The van der Waals surface area contributed by atoms with Gasteiger partial charge in [-0.1, -0.05) is 75.3 Å². The summed E-state index contributed by atoms with van der Waals surface area (Å²) < 4.78 is 5.43. The molecule has 37 heavy (non-hydrogen) atoms. The monoisotopic (exact) mass is 502 g/mol. The standard InChI is InChI=1S/C30H34N2O5/c33-26(34)17-16-22-12-8-15-25(29(36)31-18-7-6-11-21-9-2-1-3-10-21)27(22)28(35)23-13-4-5-14-24(23)30-32-19-20-37-30/h4-5,8,12-15,19-21H,1-3,6-7,9-11,16-18H2,(H,31,36)(H,33,34). The molecule has 0 saturated heterocycles. The van der Waals surface area contributed by atoms with E-state index in [1.54, 1.807) is 42.5 Å². The number of unbranched alkanes of at least 4 members (excludes halogenated alkanes) is 1. The first kappa shape index (κ1) is 26.3. The van der Waals surface area contributed by atoms with Crippen LogP contribution in [-0.2, 0) is 11.2 Å². The number of nitrogens with one attached hydrogen (secondary N) is 1. The highest BCUT2D eigenvalue weighted by molar-refractivity contribution is 6.18. The van der Waals surface area contributed by atoms with E-state index in [9.17, 15) is 19.5 Å². The molecule has 7 heteroatoms. The minimum atomic E-state index is -0.966. The van der Waals surface area contributed by atoms with Gasteiger partial charge in [-0.2, -0.15) is 0 Å². The van der Waals surface area contributed by atoms with Gasteiger partial charge in [0.05, 0.1) is 11.8 Å². The van der Waals surface area contributed by atoms with Gasteiger partial charge in [-0.25, -0.2) is 4.98 Å². The Kier molecular flexibility index (Phi) is 9.24. The van der Waals surface area contributed by atoms with Gasteiger partial charge in [0.25, 0.3) is 5.91 Å². The number of hydrogen-bond acceptors (Lipinski definition) is 5. The van der Waals surface area contributed by atoms with E-state index in [1.165, 1.54) is 51.0 Å². The quantitative estimate of drug-likeness (QED) is 0.230. The average molecular weight is 503 g/mol. The fourth-order valence-electron chi connectivity index (χ4n) is 5.20. The van der Waals surface area contributed by atoms with Gasteiger partial charge in [0.2, 0.25) is 5.89 Å². The first-order chi connectivity index (χ1) is 18.0. The van der Waals surface area contributed by atoms with Crippen LogP contribution in [0.25, 0.3) is 11.5 Å². The number of hydrogen-bond donors (Lipinski definition) is 2. The summed E-state index contributed by atoms with van der Waals surface area (Å²) in [6.45, 7) is 0.533. The molecule has 1 saturated carbocycles. The van der Waals surface area contributed by atoms with Gasteiger partial charge < -0.3 is 14.8 Å². The molecule has 0 spiro atoms. The lowest BCUT2D eigenvalue weighted by Gasteiger charge is -2.21. The molecule has 1 heterocycles. The highest BCUT2D eigenvalue weighted by Gasteiger charge is 2.25. The summed E-state index contributed by atoms with van der Waals surface area (Å²) in [5.74, 6) is -0.547. The zero-order valence-electron chi connectivity index (χ0n) is 21.1.